The molecule has 0 radical (unpaired) electrons. The number of nitrogens with zero attached hydrogens (tertiary/aromatic N) is 4. The molecule has 3 aromatic carbocycles. The van der Waals surface area contributed by atoms with Crippen LogP contribution in [0.2, 0.25) is 15.1 Å². The van der Waals surface area contributed by atoms with Crippen LogP contribution in [0.25, 0.3) is 0 Å². The number of phenols is 1. The van der Waals surface area contributed by atoms with E-state index in [1.807, 2.05) is 0 Å². The van der Waals surface area contributed by atoms with Crippen molar-refractivity contribution in [2.75, 3.05) is 24.6 Å². The number of aromatic hydroxyl groups is 1. The number of pyridine rings is 1. The van der Waals surface area contributed by atoms with Gasteiger partial charge in [0.2, 0.25) is 0 Å². The van der Waals surface area contributed by atoms with E-state index < -0.39 is 76.3 Å². The summed E-state index contributed by atoms with van der Waals surface area (Å²) in [5, 5.41) is 13.6. The van der Waals surface area contributed by atoms with Crippen molar-refractivity contribution in [3.63, 3.8) is 0 Å². The van der Waals surface area contributed by atoms with Crippen LogP contribution < -0.4 is 15.2 Å². The molecule has 4 aromatic rings. The molecule has 2 saturated heterocycles. The molecular formula is C40H31Cl3F3N5O6. The van der Waals surface area contributed by atoms with Gasteiger partial charge in [-0.25, -0.2) is 4.98 Å². The summed E-state index contributed by atoms with van der Waals surface area (Å²) in [7, 11) is 2.72. The number of benzene rings is 3. The van der Waals surface area contributed by atoms with E-state index in [9.17, 15) is 32.7 Å². The van der Waals surface area contributed by atoms with Crippen LogP contribution in [0.5, 0.6) is 11.5 Å². The first-order valence-corrected chi connectivity index (χ1v) is 18.8. The molecule has 3 heterocycles. The Balaban J connectivity index is 1.28. The minimum atomic E-state index is -4.84. The third-order valence-corrected chi connectivity index (χ3v) is 12.3. The minimum absolute atomic E-state index is 0.0261. The molecule has 0 bridgehead atoms. The van der Waals surface area contributed by atoms with Gasteiger partial charge in [0.15, 0.2) is 5.82 Å². The second-order valence-corrected chi connectivity index (χ2v) is 15.6. The zero-order valence-electron chi connectivity index (χ0n) is 29.9. The molecule has 4 amide bonds. The number of fused-ring (bicyclic) bond motifs is 4. The summed E-state index contributed by atoms with van der Waals surface area (Å²) in [6.07, 6.45) is -3.09. The summed E-state index contributed by atoms with van der Waals surface area (Å²) in [6.45, 7) is 0. The van der Waals surface area contributed by atoms with E-state index in [1.54, 1.807) is 42.5 Å². The summed E-state index contributed by atoms with van der Waals surface area (Å²) >= 11 is 18.9. The summed E-state index contributed by atoms with van der Waals surface area (Å²) in [4.78, 5) is 62.7. The molecule has 0 spiro atoms. The van der Waals surface area contributed by atoms with E-state index in [-0.39, 0.29) is 34.3 Å². The first-order valence-electron chi connectivity index (χ1n) is 17.7. The lowest BCUT2D eigenvalue weighted by molar-refractivity contribution is -0.142. The number of ether oxygens (including phenoxy) is 1. The van der Waals surface area contributed by atoms with Crippen molar-refractivity contribution < 1.29 is 42.2 Å². The number of carbonyl (C=O) groups excluding carboxylic acids is 4. The Hall–Kier alpha value is -5.31. The van der Waals surface area contributed by atoms with Crippen molar-refractivity contribution in [1.29, 1.82) is 0 Å². The zero-order chi connectivity index (χ0) is 40.7. The molecule has 1 aromatic heterocycles. The smallest absolute Gasteiger partial charge is 0.433 e. The van der Waals surface area contributed by atoms with Gasteiger partial charge in [-0.05, 0) is 84.5 Å². The number of allylic oxidation sites excluding steroid dienone is 2. The highest BCUT2D eigenvalue weighted by atomic mass is 35.5. The largest absolute Gasteiger partial charge is 0.508 e. The first-order chi connectivity index (χ1) is 27.1. The fraction of sp³-hybridized carbons (Fsp3) is 0.275. The van der Waals surface area contributed by atoms with Crippen molar-refractivity contribution in [3.8, 4) is 11.5 Å². The Kier molecular flexibility index (Phi) is 9.44. The highest BCUT2D eigenvalue weighted by Gasteiger charge is 2.70. The van der Waals surface area contributed by atoms with Gasteiger partial charge in [0.05, 0.1) is 46.0 Å². The predicted octanol–water partition coefficient (Wildman–Crippen LogP) is 7.81. The van der Waals surface area contributed by atoms with Crippen LogP contribution in [-0.4, -0.2) is 57.9 Å². The molecule has 2 aliphatic heterocycles. The molecule has 57 heavy (non-hydrogen) atoms. The first kappa shape index (κ1) is 38.6. The van der Waals surface area contributed by atoms with E-state index in [1.165, 1.54) is 44.5 Å². The number of anilines is 2. The molecule has 1 saturated carbocycles. The molecule has 4 aliphatic rings. The number of aromatic nitrogens is 1. The molecule has 3 fully saturated rings. The Morgan fingerprint density at radius 1 is 0.912 bits per heavy atom. The van der Waals surface area contributed by atoms with Gasteiger partial charge < -0.3 is 9.84 Å². The Morgan fingerprint density at radius 3 is 2.32 bits per heavy atom. The SMILES string of the molecule is COc1ccc([C@@]23C(=O)N(Nc4ccc(Cl)cc4Cl)C(=O)[C@@H]2C[C@@H]2C(=CC[C@@H]4C(=O)N(N(C)c5nc(C(F)(F)F)ccc5Cl)C(=O)[C@@H]42)[C@@H]3c2cccc(O)c2)cc1. The number of halogens is 6. The van der Waals surface area contributed by atoms with Crippen molar-refractivity contribution in [3.05, 3.63) is 122 Å². The van der Waals surface area contributed by atoms with Gasteiger partial charge in [-0.1, -0.05) is 70.7 Å². The summed E-state index contributed by atoms with van der Waals surface area (Å²) in [6, 6.07) is 19.2. The second kappa shape index (κ2) is 14.0. The molecule has 2 aliphatic carbocycles. The number of hydrogen-bond donors (Lipinski definition) is 2. The van der Waals surface area contributed by atoms with Gasteiger partial charge in [0.25, 0.3) is 23.6 Å². The Labute approximate surface area is 338 Å². The summed E-state index contributed by atoms with van der Waals surface area (Å²) in [5.74, 6) is -7.78. The number of amides is 4. The van der Waals surface area contributed by atoms with Gasteiger partial charge in [-0.3, -0.25) is 29.6 Å². The van der Waals surface area contributed by atoms with Gasteiger partial charge in [0.1, 0.15) is 17.2 Å². The average molecular weight is 841 g/mol. The van der Waals surface area contributed by atoms with Crippen molar-refractivity contribution >= 4 is 69.9 Å². The number of phenolic OH excluding ortho intramolecular Hbond substituents is 1. The number of alkyl halides is 3. The van der Waals surface area contributed by atoms with Crippen LogP contribution >= 0.6 is 34.8 Å². The molecule has 6 atom stereocenters. The topological polar surface area (TPSA) is 132 Å². The highest BCUT2D eigenvalue weighted by Crippen LogP contribution is 2.64. The van der Waals surface area contributed by atoms with Crippen LogP contribution in [-0.2, 0) is 30.8 Å². The van der Waals surface area contributed by atoms with Gasteiger partial charge in [-0.15, -0.1) is 0 Å². The molecule has 11 nitrogen and oxygen atoms in total. The lowest BCUT2D eigenvalue weighted by atomic mass is 9.49. The number of nitrogens with one attached hydrogen (secondary N) is 1. The molecule has 17 heteroatoms. The maximum atomic E-state index is 15.3. The second-order valence-electron chi connectivity index (χ2n) is 14.3. The van der Waals surface area contributed by atoms with E-state index in [2.05, 4.69) is 10.4 Å². The third-order valence-electron chi connectivity index (χ3n) is 11.5. The Morgan fingerprint density at radius 2 is 1.65 bits per heavy atom. The number of carbonyl (C=O) groups is 4. The monoisotopic (exact) mass is 839 g/mol. The van der Waals surface area contributed by atoms with Gasteiger partial charge in [-0.2, -0.15) is 23.2 Å². The number of rotatable bonds is 7. The quantitative estimate of drug-likeness (QED) is 0.141. The van der Waals surface area contributed by atoms with E-state index in [0.29, 0.717) is 33.5 Å². The van der Waals surface area contributed by atoms with Crippen LogP contribution in [0.4, 0.5) is 24.7 Å². The lowest BCUT2D eigenvalue weighted by Crippen LogP contribution is -2.53. The summed E-state index contributed by atoms with van der Waals surface area (Å²) in [5.41, 5.74) is 1.69. The Bertz CT molecular complexity index is 2400. The van der Waals surface area contributed by atoms with E-state index in [4.69, 9.17) is 39.5 Å². The van der Waals surface area contributed by atoms with Crippen molar-refractivity contribution in [1.82, 2.24) is 15.0 Å². The number of methoxy groups -OCH3 is 1. The van der Waals surface area contributed by atoms with Crippen molar-refractivity contribution in [2.45, 2.75) is 30.4 Å². The minimum Gasteiger partial charge on any atom is -0.508 e. The molecule has 0 unspecified atom stereocenters. The normalized spacial score (nSPS) is 25.5. The summed E-state index contributed by atoms with van der Waals surface area (Å²) < 4.78 is 46.5. The molecule has 8 rings (SSSR count). The van der Waals surface area contributed by atoms with Crippen LogP contribution in [0.3, 0.4) is 0 Å². The van der Waals surface area contributed by atoms with Gasteiger partial charge in [0, 0.05) is 18.0 Å². The van der Waals surface area contributed by atoms with Crippen LogP contribution in [0.1, 0.15) is 35.6 Å². The maximum absolute atomic E-state index is 15.3. The highest BCUT2D eigenvalue weighted by molar-refractivity contribution is 6.36. The third kappa shape index (κ3) is 5.99. The maximum Gasteiger partial charge on any atom is 0.433 e. The molecular weight excluding hydrogens is 810 g/mol. The van der Waals surface area contributed by atoms with E-state index >= 15 is 4.79 Å². The van der Waals surface area contributed by atoms with Crippen LogP contribution in [0.15, 0.2) is 90.5 Å². The number of hydrogen-bond acceptors (Lipinski definition) is 9. The average Bonchev–Trinajstić information content (AvgIpc) is 3.55. The fourth-order valence-corrected chi connectivity index (χ4v) is 9.79. The molecule has 294 valence electrons. The number of hydrazine groups is 2. The van der Waals surface area contributed by atoms with Crippen LogP contribution in [0, 0.1) is 23.7 Å². The zero-order valence-corrected chi connectivity index (χ0v) is 32.2. The standard InChI is InChI=1S/C40H31Cl3F3N5O6/c1-49(34-28(42)13-15-31(47-34)40(44,45)46)51-35(53)25-12-11-24-26(32(25)37(51)55)18-27-36(54)50(48-30-14-8-21(41)17-29(30)43)38(56)39(27,20-6-9-23(57-2)10-7-20)33(24)19-4-3-5-22(52)16-19/h3-11,13-17,25-27,32-33,48,52H,12,18H2,1-2H3/t25-,26+,27-,32-,33-,39+/m0/s1. The van der Waals surface area contributed by atoms with Crippen molar-refractivity contribution in [2.24, 2.45) is 23.7 Å². The van der Waals surface area contributed by atoms with E-state index in [0.717, 1.165) is 21.1 Å². The number of imide groups is 2. The molecule has 2 N–H and O–H groups in total. The fourth-order valence-electron chi connectivity index (χ4n) is 9.11. The van der Waals surface area contributed by atoms with Gasteiger partial charge >= 0.3 is 6.18 Å². The predicted molar refractivity (Wildman–Crippen MR) is 203 cm³/mol. The lowest BCUT2D eigenvalue weighted by Gasteiger charge is -2.50.